The third-order valence-corrected chi connectivity index (χ3v) is 5.84. The summed E-state index contributed by atoms with van der Waals surface area (Å²) in [7, 11) is 1.63. The first kappa shape index (κ1) is 25.7. The highest BCUT2D eigenvalue weighted by atomic mass is 16.5. The normalized spacial score (nSPS) is 12.4. The molecule has 174 valence electrons. The van der Waals surface area contributed by atoms with Crippen molar-refractivity contribution in [1.29, 1.82) is 0 Å². The number of rotatable bonds is 12. The Morgan fingerprint density at radius 3 is 2.31 bits per heavy atom. The van der Waals surface area contributed by atoms with E-state index < -0.39 is 5.60 Å². The third kappa shape index (κ3) is 6.45. The lowest BCUT2D eigenvalue weighted by Crippen LogP contribution is -2.22. The summed E-state index contributed by atoms with van der Waals surface area (Å²) >= 11 is 0. The van der Waals surface area contributed by atoms with Crippen molar-refractivity contribution in [1.82, 2.24) is 0 Å². The number of methoxy groups -OCH3 is 1. The number of allylic oxidation sites excluding steroid dienone is 3. The molecular weight excluding hydrogens is 404 g/mol. The van der Waals surface area contributed by atoms with Crippen LogP contribution < -0.4 is 9.47 Å². The third-order valence-electron chi connectivity index (χ3n) is 5.84. The van der Waals surface area contributed by atoms with E-state index in [0.717, 1.165) is 23.1 Å². The quantitative estimate of drug-likeness (QED) is 0.397. The molecule has 0 fully saturated rings. The second kappa shape index (κ2) is 12.4. The molecule has 5 nitrogen and oxygen atoms in total. The van der Waals surface area contributed by atoms with Crippen molar-refractivity contribution < 1.29 is 24.8 Å². The van der Waals surface area contributed by atoms with Crippen LogP contribution in [0.3, 0.4) is 0 Å². The van der Waals surface area contributed by atoms with E-state index in [0.29, 0.717) is 42.1 Å². The van der Waals surface area contributed by atoms with Crippen LogP contribution in [-0.2, 0) is 19.8 Å². The molecule has 0 unspecified atom stereocenters. The van der Waals surface area contributed by atoms with Gasteiger partial charge in [-0.2, -0.15) is 0 Å². The summed E-state index contributed by atoms with van der Waals surface area (Å²) in [6.45, 7) is 6.10. The summed E-state index contributed by atoms with van der Waals surface area (Å²) < 4.78 is 11.8. The minimum Gasteiger partial charge on any atom is -0.492 e. The molecule has 0 saturated heterocycles. The molecule has 0 bridgehead atoms. The van der Waals surface area contributed by atoms with Gasteiger partial charge in [-0.1, -0.05) is 63.3 Å². The maximum absolute atomic E-state index is 10.5. The predicted octanol–water partition coefficient (Wildman–Crippen LogP) is 5.16. The Bertz CT molecular complexity index is 926. The maximum Gasteiger partial charge on any atom is 0.168 e. The lowest BCUT2D eigenvalue weighted by molar-refractivity contribution is 0.0828. The molecule has 2 aromatic rings. The fraction of sp³-hybridized carbons (Fsp3) is 0.407. The first-order valence-corrected chi connectivity index (χ1v) is 11.2. The van der Waals surface area contributed by atoms with Gasteiger partial charge in [-0.3, -0.25) is 0 Å². The predicted molar refractivity (Wildman–Crippen MR) is 129 cm³/mol. The van der Waals surface area contributed by atoms with Crippen LogP contribution in [0.4, 0.5) is 0 Å². The van der Waals surface area contributed by atoms with E-state index in [2.05, 4.69) is 6.92 Å². The maximum atomic E-state index is 10.5. The van der Waals surface area contributed by atoms with Crippen LogP contribution >= 0.6 is 0 Å². The molecule has 0 atom stereocenters. The minimum atomic E-state index is -0.788. The monoisotopic (exact) mass is 440 g/mol. The molecule has 0 spiro atoms. The highest BCUT2D eigenvalue weighted by molar-refractivity contribution is 5.74. The number of aliphatic hydroxyl groups excluding tert-OH is 2. The molecule has 3 N–H and O–H groups in total. The van der Waals surface area contributed by atoms with Gasteiger partial charge in [0, 0.05) is 5.56 Å². The average molecular weight is 441 g/mol. The number of para-hydroxylation sites is 1. The van der Waals surface area contributed by atoms with Crippen LogP contribution in [0.2, 0.25) is 0 Å². The summed E-state index contributed by atoms with van der Waals surface area (Å²) in [5, 5.41) is 29.4. The molecule has 0 radical (unpaired) electrons. The molecule has 0 saturated carbocycles. The van der Waals surface area contributed by atoms with Crippen LogP contribution in [0.25, 0.3) is 5.57 Å². The van der Waals surface area contributed by atoms with Gasteiger partial charge in [0.1, 0.15) is 6.61 Å². The zero-order valence-electron chi connectivity index (χ0n) is 19.6. The topological polar surface area (TPSA) is 79.2 Å². The molecular formula is C27H36O5. The van der Waals surface area contributed by atoms with Crippen molar-refractivity contribution in [3.05, 3.63) is 76.9 Å². The van der Waals surface area contributed by atoms with E-state index in [1.54, 1.807) is 13.2 Å². The summed E-state index contributed by atoms with van der Waals surface area (Å²) in [4.78, 5) is 0. The highest BCUT2D eigenvalue weighted by Gasteiger charge is 2.17. The SMILES string of the molecule is CC/C(=C/C=C/C(O)(CC)CC)c1cccc(OCc2ccc(CO)c(CO)c2)c1OC. The summed E-state index contributed by atoms with van der Waals surface area (Å²) in [6.07, 6.45) is 7.91. The van der Waals surface area contributed by atoms with Gasteiger partial charge in [-0.15, -0.1) is 0 Å². The fourth-order valence-corrected chi connectivity index (χ4v) is 3.55. The molecule has 0 aliphatic rings. The Morgan fingerprint density at radius 1 is 1.00 bits per heavy atom. The summed E-state index contributed by atoms with van der Waals surface area (Å²) in [5.41, 5.74) is 3.53. The van der Waals surface area contributed by atoms with Crippen molar-refractivity contribution in [3.8, 4) is 11.5 Å². The number of ether oxygens (including phenoxy) is 2. The Labute approximate surface area is 191 Å². The smallest absolute Gasteiger partial charge is 0.168 e. The number of aliphatic hydroxyl groups is 3. The van der Waals surface area contributed by atoms with Crippen molar-refractivity contribution >= 4 is 5.57 Å². The van der Waals surface area contributed by atoms with E-state index in [1.807, 2.05) is 62.4 Å². The number of hydrogen-bond acceptors (Lipinski definition) is 5. The zero-order chi connectivity index (χ0) is 23.6. The van der Waals surface area contributed by atoms with Gasteiger partial charge in [-0.05, 0) is 53.7 Å². The Hall–Kier alpha value is -2.60. The van der Waals surface area contributed by atoms with E-state index in [1.165, 1.54) is 0 Å². The largest absolute Gasteiger partial charge is 0.492 e. The van der Waals surface area contributed by atoms with Gasteiger partial charge in [0.2, 0.25) is 0 Å². The molecule has 0 aromatic heterocycles. The summed E-state index contributed by atoms with van der Waals surface area (Å²) in [5.74, 6) is 1.29. The molecule has 0 aliphatic heterocycles. The van der Waals surface area contributed by atoms with Gasteiger partial charge in [-0.25, -0.2) is 0 Å². The molecule has 2 aromatic carbocycles. The van der Waals surface area contributed by atoms with Gasteiger partial charge in [0.05, 0.1) is 25.9 Å². The van der Waals surface area contributed by atoms with Gasteiger partial charge >= 0.3 is 0 Å². The second-order valence-corrected chi connectivity index (χ2v) is 7.76. The van der Waals surface area contributed by atoms with Gasteiger partial charge in [0.25, 0.3) is 0 Å². The second-order valence-electron chi connectivity index (χ2n) is 7.76. The Morgan fingerprint density at radius 2 is 1.72 bits per heavy atom. The van der Waals surface area contributed by atoms with Crippen LogP contribution in [-0.4, -0.2) is 28.0 Å². The van der Waals surface area contributed by atoms with Crippen molar-refractivity contribution in [2.45, 2.75) is 65.5 Å². The van der Waals surface area contributed by atoms with E-state index in [4.69, 9.17) is 9.47 Å². The van der Waals surface area contributed by atoms with E-state index in [9.17, 15) is 15.3 Å². The number of benzene rings is 2. The summed E-state index contributed by atoms with van der Waals surface area (Å²) in [6, 6.07) is 11.3. The fourth-order valence-electron chi connectivity index (χ4n) is 3.55. The molecule has 0 aliphatic carbocycles. The average Bonchev–Trinajstić information content (AvgIpc) is 2.84. The van der Waals surface area contributed by atoms with Crippen LogP contribution in [0, 0.1) is 0 Å². The van der Waals surface area contributed by atoms with Crippen LogP contribution in [0.5, 0.6) is 11.5 Å². The van der Waals surface area contributed by atoms with E-state index >= 15 is 0 Å². The van der Waals surface area contributed by atoms with Gasteiger partial charge in [0.15, 0.2) is 11.5 Å². The first-order chi connectivity index (χ1) is 15.4. The highest BCUT2D eigenvalue weighted by Crippen LogP contribution is 2.37. The Balaban J connectivity index is 2.28. The van der Waals surface area contributed by atoms with Crippen LogP contribution in [0.15, 0.2) is 54.6 Å². The van der Waals surface area contributed by atoms with Crippen molar-refractivity contribution in [2.24, 2.45) is 0 Å². The number of hydrogen-bond donors (Lipinski definition) is 3. The van der Waals surface area contributed by atoms with Crippen molar-refractivity contribution in [3.63, 3.8) is 0 Å². The molecule has 2 rings (SSSR count). The lowest BCUT2D eigenvalue weighted by Gasteiger charge is -2.20. The lowest BCUT2D eigenvalue weighted by atomic mass is 9.96. The molecule has 32 heavy (non-hydrogen) atoms. The molecule has 5 heteroatoms. The standard InChI is InChI=1S/C27H36O5/c1-5-21(10-9-15-27(30,6-2)7-3)24-11-8-12-25(26(24)31-4)32-19-20-13-14-22(17-28)23(16-20)18-29/h8-16,28-30H,5-7,17-19H2,1-4H3/b15-9+,21-10-. The van der Waals surface area contributed by atoms with Crippen molar-refractivity contribution in [2.75, 3.05) is 7.11 Å². The molecule has 0 heterocycles. The van der Waals surface area contributed by atoms with Crippen LogP contribution in [0.1, 0.15) is 62.3 Å². The zero-order valence-corrected chi connectivity index (χ0v) is 19.6. The Kier molecular flexibility index (Phi) is 9.97. The minimum absolute atomic E-state index is 0.110. The first-order valence-electron chi connectivity index (χ1n) is 11.2. The van der Waals surface area contributed by atoms with Gasteiger partial charge < -0.3 is 24.8 Å². The molecule has 0 amide bonds. The van der Waals surface area contributed by atoms with E-state index in [-0.39, 0.29) is 13.2 Å².